The van der Waals surface area contributed by atoms with Crippen LogP contribution in [0.15, 0.2) is 36.4 Å². The van der Waals surface area contributed by atoms with Crippen LogP contribution < -0.4 is 14.6 Å². The molecular weight excluding hydrogens is 336 g/mol. The normalized spacial score (nSPS) is 11.7. The zero-order valence-electron chi connectivity index (χ0n) is 12.8. The third-order valence-electron chi connectivity index (χ3n) is 3.44. The van der Waals surface area contributed by atoms with Crippen LogP contribution in [0.2, 0.25) is 5.02 Å². The molecule has 3 N–H and O–H groups in total. The number of halogens is 1. The fourth-order valence-electron chi connectivity index (χ4n) is 2.28. The summed E-state index contributed by atoms with van der Waals surface area (Å²) in [5.74, 6) is 0.264. The van der Waals surface area contributed by atoms with E-state index in [0.29, 0.717) is 23.5 Å². The maximum absolute atomic E-state index is 12.0. The lowest BCUT2D eigenvalue weighted by atomic mass is 10.1. The molecule has 2 aromatic rings. The molecule has 0 aliphatic carbocycles. The molecular formula is C16H21ClN2O3S. The summed E-state index contributed by atoms with van der Waals surface area (Å²) in [7, 11) is -3.85. The van der Waals surface area contributed by atoms with E-state index in [0.717, 1.165) is 31.1 Å². The van der Waals surface area contributed by atoms with Crippen LogP contribution in [-0.4, -0.2) is 21.5 Å². The van der Waals surface area contributed by atoms with Gasteiger partial charge in [0.2, 0.25) is 0 Å². The van der Waals surface area contributed by atoms with Crippen LogP contribution in [0.1, 0.15) is 25.7 Å². The fourth-order valence-corrected chi connectivity index (χ4v) is 3.36. The summed E-state index contributed by atoms with van der Waals surface area (Å²) in [5.41, 5.74) is 5.41. The second kappa shape index (κ2) is 8.49. The molecule has 0 unspecified atom stereocenters. The van der Waals surface area contributed by atoms with Crippen molar-refractivity contribution in [3.63, 3.8) is 0 Å². The second-order valence-electron chi connectivity index (χ2n) is 5.23. The molecule has 0 aliphatic rings. The smallest absolute Gasteiger partial charge is 0.370 e. The maximum atomic E-state index is 12.0. The summed E-state index contributed by atoms with van der Waals surface area (Å²) in [5, 5.41) is 1.97. The van der Waals surface area contributed by atoms with Gasteiger partial charge in [0.1, 0.15) is 0 Å². The first-order valence-corrected chi connectivity index (χ1v) is 9.38. The van der Waals surface area contributed by atoms with E-state index in [4.69, 9.17) is 21.5 Å². The first-order chi connectivity index (χ1) is 11.0. The van der Waals surface area contributed by atoms with E-state index in [9.17, 15) is 8.42 Å². The van der Waals surface area contributed by atoms with Gasteiger partial charge >= 0.3 is 10.3 Å². The molecule has 0 fully saturated rings. The van der Waals surface area contributed by atoms with Gasteiger partial charge in [-0.1, -0.05) is 48.7 Å². The largest absolute Gasteiger partial charge is 0.382 e. The average molecular weight is 357 g/mol. The molecule has 0 atom stereocenters. The minimum absolute atomic E-state index is 0.264. The molecule has 0 aromatic heterocycles. The number of hydrogen-bond donors (Lipinski definition) is 2. The summed E-state index contributed by atoms with van der Waals surface area (Å²) in [4.78, 5) is 0. The highest BCUT2D eigenvalue weighted by molar-refractivity contribution is 7.85. The summed E-state index contributed by atoms with van der Waals surface area (Å²) in [6, 6.07) is 10.4. The van der Waals surface area contributed by atoms with Crippen LogP contribution in [0.3, 0.4) is 0 Å². The maximum Gasteiger partial charge on any atom is 0.382 e. The molecule has 23 heavy (non-hydrogen) atoms. The van der Waals surface area contributed by atoms with Gasteiger partial charge in [-0.15, -0.1) is 0 Å². The number of nitrogens with two attached hydrogens (primary N) is 1. The van der Waals surface area contributed by atoms with Gasteiger partial charge in [-0.3, -0.25) is 0 Å². The Hall–Kier alpha value is -1.34. The molecule has 0 amide bonds. The van der Waals surface area contributed by atoms with Gasteiger partial charge in [-0.05, 0) is 31.5 Å². The van der Waals surface area contributed by atoms with Crippen molar-refractivity contribution in [1.29, 1.82) is 0 Å². The van der Waals surface area contributed by atoms with Crippen LogP contribution in [0.5, 0.6) is 5.75 Å². The lowest BCUT2D eigenvalue weighted by molar-refractivity contribution is 0.471. The summed E-state index contributed by atoms with van der Waals surface area (Å²) in [6.07, 6.45) is 3.65. The van der Waals surface area contributed by atoms with Crippen molar-refractivity contribution in [1.82, 2.24) is 4.72 Å². The Morgan fingerprint density at radius 3 is 2.48 bits per heavy atom. The standard InChI is InChI=1S/C16H21ClN2O3S/c17-15-9-5-8-14-13(15)7-6-10-16(14)22-23(20,21)19-12-4-2-1-3-11-18/h5-10,19H,1-4,11-12,18H2. The number of unbranched alkanes of at least 4 members (excludes halogenated alkanes) is 3. The van der Waals surface area contributed by atoms with E-state index in [1.807, 2.05) is 6.07 Å². The highest BCUT2D eigenvalue weighted by atomic mass is 35.5. The lowest BCUT2D eigenvalue weighted by Gasteiger charge is -2.11. The molecule has 126 valence electrons. The van der Waals surface area contributed by atoms with Gasteiger partial charge in [0.25, 0.3) is 0 Å². The zero-order valence-corrected chi connectivity index (χ0v) is 14.4. The molecule has 0 saturated carbocycles. The third-order valence-corrected chi connectivity index (χ3v) is 4.72. The van der Waals surface area contributed by atoms with Crippen molar-refractivity contribution < 1.29 is 12.6 Å². The number of rotatable bonds is 9. The van der Waals surface area contributed by atoms with E-state index in [2.05, 4.69) is 4.72 Å². The number of hydrogen-bond acceptors (Lipinski definition) is 4. The summed E-state index contributed by atoms with van der Waals surface area (Å²) < 4.78 is 31.7. The fraction of sp³-hybridized carbons (Fsp3) is 0.375. The minimum Gasteiger partial charge on any atom is -0.370 e. The van der Waals surface area contributed by atoms with Gasteiger partial charge in [0.05, 0.1) is 0 Å². The van der Waals surface area contributed by atoms with Crippen LogP contribution >= 0.6 is 11.6 Å². The quantitative estimate of drug-likeness (QED) is 0.676. The van der Waals surface area contributed by atoms with E-state index in [-0.39, 0.29) is 5.75 Å². The predicted octanol–water partition coefficient (Wildman–Crippen LogP) is 3.23. The monoisotopic (exact) mass is 356 g/mol. The van der Waals surface area contributed by atoms with Crippen LogP contribution in [-0.2, 0) is 10.3 Å². The Bertz CT molecular complexity index is 750. The van der Waals surface area contributed by atoms with Gasteiger partial charge in [-0.25, -0.2) is 0 Å². The topological polar surface area (TPSA) is 81.4 Å². The van der Waals surface area contributed by atoms with Crippen LogP contribution in [0.25, 0.3) is 10.8 Å². The zero-order chi connectivity index (χ0) is 16.7. The summed E-state index contributed by atoms with van der Waals surface area (Å²) >= 11 is 6.11. The number of benzene rings is 2. The van der Waals surface area contributed by atoms with Crippen LogP contribution in [0, 0.1) is 0 Å². The molecule has 0 saturated heterocycles. The molecule has 2 aromatic carbocycles. The second-order valence-corrected chi connectivity index (χ2v) is 7.00. The molecule has 0 radical (unpaired) electrons. The first-order valence-electron chi connectivity index (χ1n) is 7.60. The molecule has 5 nitrogen and oxygen atoms in total. The predicted molar refractivity (Wildman–Crippen MR) is 94.0 cm³/mol. The van der Waals surface area contributed by atoms with Gasteiger partial charge in [0, 0.05) is 22.3 Å². The minimum atomic E-state index is -3.85. The average Bonchev–Trinajstić information content (AvgIpc) is 2.51. The highest BCUT2D eigenvalue weighted by Gasteiger charge is 2.14. The van der Waals surface area contributed by atoms with E-state index < -0.39 is 10.3 Å². The van der Waals surface area contributed by atoms with Crippen molar-refractivity contribution in [3.8, 4) is 5.75 Å². The van der Waals surface area contributed by atoms with E-state index in [1.165, 1.54) is 0 Å². The highest BCUT2D eigenvalue weighted by Crippen LogP contribution is 2.30. The Morgan fingerprint density at radius 2 is 1.70 bits per heavy atom. The molecule has 0 bridgehead atoms. The molecule has 0 aliphatic heterocycles. The third kappa shape index (κ3) is 5.35. The Balaban J connectivity index is 1.99. The van der Waals surface area contributed by atoms with Crippen molar-refractivity contribution in [2.24, 2.45) is 5.73 Å². The van der Waals surface area contributed by atoms with Crippen molar-refractivity contribution >= 4 is 32.7 Å². The Morgan fingerprint density at radius 1 is 1.00 bits per heavy atom. The Kier molecular flexibility index (Phi) is 6.65. The SMILES string of the molecule is NCCCCCCNS(=O)(=O)Oc1cccc2c(Cl)cccc12. The van der Waals surface area contributed by atoms with Crippen molar-refractivity contribution in [2.75, 3.05) is 13.1 Å². The van der Waals surface area contributed by atoms with Crippen molar-refractivity contribution in [3.05, 3.63) is 41.4 Å². The molecule has 0 heterocycles. The number of fused-ring (bicyclic) bond motifs is 1. The first kappa shape index (κ1) is 18.0. The molecule has 7 heteroatoms. The van der Waals surface area contributed by atoms with Crippen LogP contribution in [0.4, 0.5) is 0 Å². The van der Waals surface area contributed by atoms with E-state index in [1.54, 1.807) is 30.3 Å². The van der Waals surface area contributed by atoms with Crippen molar-refractivity contribution in [2.45, 2.75) is 25.7 Å². The van der Waals surface area contributed by atoms with Gasteiger partial charge < -0.3 is 9.92 Å². The number of nitrogens with one attached hydrogen (secondary N) is 1. The Labute approximate surface area is 142 Å². The van der Waals surface area contributed by atoms with Gasteiger partial charge in [-0.2, -0.15) is 13.1 Å². The van der Waals surface area contributed by atoms with E-state index >= 15 is 0 Å². The van der Waals surface area contributed by atoms with Gasteiger partial charge in [0.15, 0.2) is 5.75 Å². The molecule has 2 rings (SSSR count). The molecule has 0 spiro atoms. The lowest BCUT2D eigenvalue weighted by Crippen LogP contribution is -2.29. The summed E-state index contributed by atoms with van der Waals surface area (Å²) in [6.45, 7) is 1.01.